The molecule has 114 valence electrons. The van der Waals surface area contributed by atoms with Crippen molar-refractivity contribution in [2.75, 3.05) is 31.1 Å². The van der Waals surface area contributed by atoms with E-state index in [2.05, 4.69) is 59.3 Å². The molecule has 0 atom stereocenters. The number of thioether (sulfide) groups is 1. The van der Waals surface area contributed by atoms with Gasteiger partial charge in [-0.25, -0.2) is 0 Å². The average molecular weight is 297 g/mol. The molecule has 1 aliphatic rings. The quantitative estimate of drug-likeness (QED) is 0.894. The topological polar surface area (TPSA) is 46.0 Å². The second-order valence-electron chi connectivity index (χ2n) is 6.38. The van der Waals surface area contributed by atoms with E-state index in [9.17, 15) is 0 Å². The van der Waals surface area contributed by atoms with Crippen LogP contribution in [0.2, 0.25) is 0 Å². The zero-order valence-electron chi connectivity index (χ0n) is 12.9. The van der Waals surface area contributed by atoms with Gasteiger partial charge in [0.2, 0.25) is 0 Å². The van der Waals surface area contributed by atoms with Crippen molar-refractivity contribution in [2.24, 2.45) is 0 Å². The summed E-state index contributed by atoms with van der Waals surface area (Å²) in [6.45, 7) is 11.7. The zero-order chi connectivity index (χ0) is 14.4. The Morgan fingerprint density at radius 2 is 2.10 bits per heavy atom. The molecule has 0 amide bonds. The minimum absolute atomic E-state index is 0.119. The summed E-state index contributed by atoms with van der Waals surface area (Å²) in [7, 11) is 0. The van der Waals surface area contributed by atoms with Crippen LogP contribution < -0.4 is 5.32 Å². The Labute approximate surface area is 126 Å². The molecule has 0 aromatic carbocycles. The predicted octanol–water partition coefficient (Wildman–Crippen LogP) is 1.61. The summed E-state index contributed by atoms with van der Waals surface area (Å²) in [4.78, 5) is 2.54. The molecular weight excluding hydrogens is 270 g/mol. The first-order chi connectivity index (χ1) is 9.53. The molecule has 0 spiro atoms. The Bertz CT molecular complexity index is 391. The van der Waals surface area contributed by atoms with Crippen molar-refractivity contribution in [1.29, 1.82) is 0 Å². The third kappa shape index (κ3) is 5.81. The van der Waals surface area contributed by atoms with E-state index in [1.807, 2.05) is 4.68 Å². The van der Waals surface area contributed by atoms with Crippen LogP contribution in [0, 0.1) is 0 Å². The number of aromatic nitrogens is 3. The van der Waals surface area contributed by atoms with E-state index in [0.29, 0.717) is 0 Å². The van der Waals surface area contributed by atoms with Gasteiger partial charge < -0.3 is 10.2 Å². The van der Waals surface area contributed by atoms with Crippen LogP contribution in [0.25, 0.3) is 0 Å². The lowest BCUT2D eigenvalue weighted by molar-refractivity contribution is 0.277. The van der Waals surface area contributed by atoms with Crippen LogP contribution in [0.15, 0.2) is 6.20 Å². The van der Waals surface area contributed by atoms with Crippen molar-refractivity contribution in [3.05, 3.63) is 11.9 Å². The first-order valence-electron chi connectivity index (χ1n) is 7.47. The number of hydrogen-bond donors (Lipinski definition) is 1. The molecule has 0 bridgehead atoms. The van der Waals surface area contributed by atoms with Crippen molar-refractivity contribution in [1.82, 2.24) is 25.2 Å². The van der Waals surface area contributed by atoms with Crippen LogP contribution in [0.4, 0.5) is 0 Å². The standard InChI is InChI=1S/C14H27N5S/c1-14(2,3)15-11-13-12-19(17-16-13)7-6-18-5-4-9-20-10-8-18/h12,15H,4-11H2,1-3H3. The summed E-state index contributed by atoms with van der Waals surface area (Å²) in [5, 5.41) is 11.9. The molecular formula is C14H27N5S. The SMILES string of the molecule is CC(C)(C)NCc1cn(CCN2CCCSCC2)nn1. The lowest BCUT2D eigenvalue weighted by atomic mass is 10.1. The van der Waals surface area contributed by atoms with Crippen LogP contribution in [0.5, 0.6) is 0 Å². The van der Waals surface area contributed by atoms with Gasteiger partial charge in [-0.1, -0.05) is 5.21 Å². The second kappa shape index (κ2) is 7.43. The highest BCUT2D eigenvalue weighted by Gasteiger charge is 2.11. The fourth-order valence-electron chi connectivity index (χ4n) is 2.15. The number of rotatable bonds is 5. The van der Waals surface area contributed by atoms with E-state index >= 15 is 0 Å². The van der Waals surface area contributed by atoms with Gasteiger partial charge in [-0.3, -0.25) is 4.68 Å². The van der Waals surface area contributed by atoms with Gasteiger partial charge in [0, 0.05) is 37.1 Å². The van der Waals surface area contributed by atoms with Gasteiger partial charge in [0.15, 0.2) is 0 Å². The first kappa shape index (κ1) is 15.8. The summed E-state index contributed by atoms with van der Waals surface area (Å²) in [6.07, 6.45) is 3.37. The van der Waals surface area contributed by atoms with Crippen molar-refractivity contribution >= 4 is 11.8 Å². The molecule has 0 radical (unpaired) electrons. The Morgan fingerprint density at radius 1 is 1.25 bits per heavy atom. The maximum absolute atomic E-state index is 4.23. The van der Waals surface area contributed by atoms with Gasteiger partial charge in [0.1, 0.15) is 0 Å². The van der Waals surface area contributed by atoms with Crippen molar-refractivity contribution in [3.63, 3.8) is 0 Å². The molecule has 1 aromatic heterocycles. The molecule has 1 saturated heterocycles. The Balaban J connectivity index is 1.74. The Morgan fingerprint density at radius 3 is 2.90 bits per heavy atom. The van der Waals surface area contributed by atoms with E-state index in [1.165, 1.54) is 31.0 Å². The van der Waals surface area contributed by atoms with Gasteiger partial charge in [0.25, 0.3) is 0 Å². The van der Waals surface area contributed by atoms with E-state index in [1.54, 1.807) is 0 Å². The molecule has 2 heterocycles. The lowest BCUT2D eigenvalue weighted by Crippen LogP contribution is -2.35. The maximum atomic E-state index is 4.23. The largest absolute Gasteiger partial charge is 0.306 e. The summed E-state index contributed by atoms with van der Waals surface area (Å²) >= 11 is 2.07. The number of hydrogen-bond acceptors (Lipinski definition) is 5. The monoisotopic (exact) mass is 297 g/mol. The van der Waals surface area contributed by atoms with Gasteiger partial charge in [-0.05, 0) is 39.5 Å². The molecule has 0 saturated carbocycles. The second-order valence-corrected chi connectivity index (χ2v) is 7.61. The third-order valence-corrected chi connectivity index (χ3v) is 4.39. The third-order valence-electron chi connectivity index (χ3n) is 3.35. The Hall–Kier alpha value is -0.590. The highest BCUT2D eigenvalue weighted by atomic mass is 32.2. The minimum atomic E-state index is 0.119. The fraction of sp³-hybridized carbons (Fsp3) is 0.857. The number of nitrogens with zero attached hydrogens (tertiary/aromatic N) is 4. The van der Waals surface area contributed by atoms with E-state index in [4.69, 9.17) is 0 Å². The maximum Gasteiger partial charge on any atom is 0.0965 e. The predicted molar refractivity (Wildman–Crippen MR) is 85.0 cm³/mol. The summed E-state index contributed by atoms with van der Waals surface area (Å²) in [5.41, 5.74) is 1.14. The van der Waals surface area contributed by atoms with Crippen LogP contribution in [-0.2, 0) is 13.1 Å². The number of nitrogens with one attached hydrogen (secondary N) is 1. The van der Waals surface area contributed by atoms with Gasteiger partial charge in [-0.2, -0.15) is 11.8 Å². The van der Waals surface area contributed by atoms with Gasteiger partial charge >= 0.3 is 0 Å². The molecule has 0 unspecified atom stereocenters. The van der Waals surface area contributed by atoms with Gasteiger partial charge in [0.05, 0.1) is 12.2 Å². The molecule has 1 aliphatic heterocycles. The summed E-state index contributed by atoms with van der Waals surface area (Å²) in [5.74, 6) is 2.57. The van der Waals surface area contributed by atoms with E-state index in [0.717, 1.165) is 25.3 Å². The summed E-state index contributed by atoms with van der Waals surface area (Å²) in [6, 6.07) is 0. The molecule has 1 N–H and O–H groups in total. The van der Waals surface area contributed by atoms with Crippen LogP contribution >= 0.6 is 11.8 Å². The first-order valence-corrected chi connectivity index (χ1v) is 8.62. The molecule has 0 aliphatic carbocycles. The van der Waals surface area contributed by atoms with E-state index < -0.39 is 0 Å². The molecule has 1 fully saturated rings. The molecule has 1 aromatic rings. The average Bonchev–Trinajstić information content (AvgIpc) is 2.68. The highest BCUT2D eigenvalue weighted by molar-refractivity contribution is 7.99. The van der Waals surface area contributed by atoms with E-state index in [-0.39, 0.29) is 5.54 Å². The van der Waals surface area contributed by atoms with Crippen molar-refractivity contribution in [2.45, 2.75) is 45.8 Å². The van der Waals surface area contributed by atoms with Crippen molar-refractivity contribution < 1.29 is 0 Å². The van der Waals surface area contributed by atoms with Gasteiger partial charge in [-0.15, -0.1) is 5.10 Å². The lowest BCUT2D eigenvalue weighted by Gasteiger charge is -2.19. The fourth-order valence-corrected chi connectivity index (χ4v) is 3.07. The smallest absolute Gasteiger partial charge is 0.0965 e. The molecule has 6 heteroatoms. The van der Waals surface area contributed by atoms with Crippen molar-refractivity contribution in [3.8, 4) is 0 Å². The minimum Gasteiger partial charge on any atom is -0.306 e. The summed E-state index contributed by atoms with van der Waals surface area (Å²) < 4.78 is 1.97. The Kier molecular flexibility index (Phi) is 5.86. The zero-order valence-corrected chi connectivity index (χ0v) is 13.7. The molecule has 20 heavy (non-hydrogen) atoms. The van der Waals surface area contributed by atoms with Crippen LogP contribution in [0.1, 0.15) is 32.9 Å². The molecule has 2 rings (SSSR count). The highest BCUT2D eigenvalue weighted by Crippen LogP contribution is 2.09. The van der Waals surface area contributed by atoms with Crippen LogP contribution in [-0.4, -0.2) is 56.6 Å². The normalized spacial score (nSPS) is 18.1. The van der Waals surface area contributed by atoms with Crippen LogP contribution in [0.3, 0.4) is 0 Å². The molecule has 5 nitrogen and oxygen atoms in total.